The van der Waals surface area contributed by atoms with Crippen molar-refractivity contribution < 1.29 is 27.9 Å². The van der Waals surface area contributed by atoms with Gasteiger partial charge in [-0.25, -0.2) is 4.79 Å². The summed E-state index contributed by atoms with van der Waals surface area (Å²) in [5.74, 6) is -0.695. The molecule has 0 aliphatic carbocycles. The highest BCUT2D eigenvalue weighted by atomic mass is 19.4. The normalized spacial score (nSPS) is 14.3. The van der Waals surface area contributed by atoms with Gasteiger partial charge < -0.3 is 25.5 Å². The van der Waals surface area contributed by atoms with E-state index in [-0.39, 0.29) is 17.3 Å². The maximum absolute atomic E-state index is 12.7. The summed E-state index contributed by atoms with van der Waals surface area (Å²) >= 11 is 0. The van der Waals surface area contributed by atoms with Crippen LogP contribution in [0.5, 0.6) is 5.75 Å². The molecule has 31 heavy (non-hydrogen) atoms. The highest BCUT2D eigenvalue weighted by molar-refractivity contribution is 5.97. The fraction of sp³-hybridized carbons (Fsp3) is 0.333. The maximum Gasteiger partial charge on any atom is 0.405 e. The number of hydrogen-bond acceptors (Lipinski definition) is 4. The minimum atomic E-state index is -4.50. The van der Waals surface area contributed by atoms with E-state index < -0.39 is 18.6 Å². The van der Waals surface area contributed by atoms with Crippen LogP contribution in [0.4, 0.5) is 29.3 Å². The number of carbonyl (C=O) groups is 2. The maximum atomic E-state index is 12.7. The topological polar surface area (TPSA) is 84.9 Å². The van der Waals surface area contributed by atoms with Gasteiger partial charge in [0.2, 0.25) is 0 Å². The van der Waals surface area contributed by atoms with Gasteiger partial charge in [0.25, 0.3) is 5.91 Å². The summed E-state index contributed by atoms with van der Waals surface area (Å²) in [6.45, 7) is 2.36. The van der Waals surface area contributed by atoms with Crippen LogP contribution in [0.3, 0.4) is 0 Å². The van der Waals surface area contributed by atoms with Crippen LogP contribution in [0.15, 0.2) is 42.5 Å². The second kappa shape index (κ2) is 9.15. The van der Waals surface area contributed by atoms with Crippen molar-refractivity contribution >= 4 is 23.3 Å². The molecule has 0 spiro atoms. The molecule has 1 heterocycles. The third kappa shape index (κ3) is 6.03. The van der Waals surface area contributed by atoms with Crippen LogP contribution in [-0.2, 0) is 0 Å². The van der Waals surface area contributed by atoms with Gasteiger partial charge in [-0.05, 0) is 36.8 Å². The zero-order chi connectivity index (χ0) is 22.6. The largest absolute Gasteiger partial charge is 0.508 e. The Labute approximate surface area is 177 Å². The molecule has 10 heteroatoms. The Morgan fingerprint density at radius 2 is 1.77 bits per heavy atom. The number of anilines is 2. The first-order chi connectivity index (χ1) is 14.6. The summed E-state index contributed by atoms with van der Waals surface area (Å²) in [5, 5.41) is 14.2. The predicted octanol–water partition coefficient (Wildman–Crippen LogP) is 3.35. The highest BCUT2D eigenvalue weighted by Crippen LogP contribution is 2.22. The Morgan fingerprint density at radius 1 is 1.06 bits per heavy atom. The van der Waals surface area contributed by atoms with Crippen molar-refractivity contribution in [1.29, 1.82) is 0 Å². The van der Waals surface area contributed by atoms with Gasteiger partial charge in [0, 0.05) is 49.2 Å². The van der Waals surface area contributed by atoms with Gasteiger partial charge in [-0.2, -0.15) is 13.2 Å². The number of amides is 3. The smallest absolute Gasteiger partial charge is 0.405 e. The Balaban J connectivity index is 1.59. The number of benzene rings is 2. The summed E-state index contributed by atoms with van der Waals surface area (Å²) < 4.78 is 36.9. The fourth-order valence-corrected chi connectivity index (χ4v) is 3.23. The van der Waals surface area contributed by atoms with Gasteiger partial charge in [0.1, 0.15) is 12.3 Å². The molecule has 7 nitrogen and oxygen atoms in total. The van der Waals surface area contributed by atoms with Crippen molar-refractivity contribution in [2.75, 3.05) is 42.9 Å². The first kappa shape index (κ1) is 22.3. The van der Waals surface area contributed by atoms with Crippen LogP contribution in [0.25, 0.3) is 0 Å². The number of carbonyl (C=O) groups excluding carboxylic acids is 2. The number of nitrogens with one attached hydrogen (secondary N) is 2. The Hall–Kier alpha value is -3.43. The van der Waals surface area contributed by atoms with Gasteiger partial charge in [-0.15, -0.1) is 0 Å². The summed E-state index contributed by atoms with van der Waals surface area (Å²) in [4.78, 5) is 28.3. The van der Waals surface area contributed by atoms with Gasteiger partial charge in [0.05, 0.1) is 0 Å². The highest BCUT2D eigenvalue weighted by Gasteiger charge is 2.28. The molecule has 166 valence electrons. The third-order valence-corrected chi connectivity index (χ3v) is 4.95. The molecule has 0 aromatic heterocycles. The zero-order valence-electron chi connectivity index (χ0n) is 16.9. The number of phenols is 1. The van der Waals surface area contributed by atoms with E-state index in [9.17, 15) is 27.9 Å². The van der Waals surface area contributed by atoms with Gasteiger partial charge in [0.15, 0.2) is 0 Å². The van der Waals surface area contributed by atoms with Crippen LogP contribution >= 0.6 is 0 Å². The number of aryl methyl sites for hydroxylation is 1. The summed E-state index contributed by atoms with van der Waals surface area (Å²) in [6.07, 6.45) is -4.50. The molecule has 2 aromatic rings. The molecule has 3 N–H and O–H groups in total. The lowest BCUT2D eigenvalue weighted by molar-refractivity contribution is -0.123. The van der Waals surface area contributed by atoms with E-state index >= 15 is 0 Å². The van der Waals surface area contributed by atoms with Crippen LogP contribution in [0, 0.1) is 6.92 Å². The van der Waals surface area contributed by atoms with Crippen molar-refractivity contribution in [1.82, 2.24) is 10.2 Å². The summed E-state index contributed by atoms with van der Waals surface area (Å²) in [6, 6.07) is 10.9. The number of rotatable bonds is 4. The Morgan fingerprint density at radius 3 is 2.42 bits per heavy atom. The Bertz CT molecular complexity index is 957. The lowest BCUT2D eigenvalue weighted by Gasteiger charge is -2.36. The second-order valence-corrected chi connectivity index (χ2v) is 7.25. The van der Waals surface area contributed by atoms with Gasteiger partial charge in [-0.3, -0.25) is 4.79 Å². The lowest BCUT2D eigenvalue weighted by Crippen LogP contribution is -2.50. The quantitative estimate of drug-likeness (QED) is 0.686. The molecule has 1 saturated heterocycles. The number of hydrogen-bond donors (Lipinski definition) is 3. The molecule has 1 aliphatic rings. The molecular weight excluding hydrogens is 413 g/mol. The monoisotopic (exact) mass is 436 g/mol. The number of alkyl halides is 3. The average molecular weight is 436 g/mol. The van der Waals surface area contributed by atoms with Crippen LogP contribution in [0.2, 0.25) is 0 Å². The number of halogens is 3. The number of phenolic OH excluding ortho intramolecular Hbond substituents is 1. The predicted molar refractivity (Wildman–Crippen MR) is 110 cm³/mol. The molecule has 2 aromatic carbocycles. The number of nitrogens with zero attached hydrogens (tertiary/aromatic N) is 2. The minimum absolute atomic E-state index is 0.0267. The van der Waals surface area contributed by atoms with E-state index in [1.54, 1.807) is 36.1 Å². The molecule has 0 unspecified atom stereocenters. The Kier molecular flexibility index (Phi) is 6.57. The third-order valence-electron chi connectivity index (χ3n) is 4.95. The van der Waals surface area contributed by atoms with E-state index in [4.69, 9.17) is 0 Å². The second-order valence-electron chi connectivity index (χ2n) is 7.25. The molecular formula is C21H23F3N4O3. The van der Waals surface area contributed by atoms with Crippen molar-refractivity contribution in [3.63, 3.8) is 0 Å². The van der Waals surface area contributed by atoms with E-state index in [0.29, 0.717) is 37.4 Å². The molecule has 1 fully saturated rings. The van der Waals surface area contributed by atoms with Gasteiger partial charge >= 0.3 is 12.2 Å². The van der Waals surface area contributed by atoms with Crippen LogP contribution in [-0.4, -0.2) is 60.8 Å². The molecule has 1 aliphatic heterocycles. The molecule has 0 radical (unpaired) electrons. The van der Waals surface area contributed by atoms with Crippen LogP contribution in [0.1, 0.15) is 15.9 Å². The lowest BCUT2D eigenvalue weighted by atomic mass is 10.1. The standard InChI is InChI=1S/C21H23F3N4O3/c1-14-5-6-15(19(30)25-13-21(22,23)24)11-18(14)26-20(31)28-9-7-27(8-10-28)16-3-2-4-17(29)12-16/h2-6,11-12,29H,7-10,13H2,1H3,(H,25,30)(H,26,31). The SMILES string of the molecule is Cc1ccc(C(=O)NCC(F)(F)F)cc1NC(=O)N1CCN(c2cccc(O)c2)CC1. The van der Waals surface area contributed by atoms with Crippen molar-refractivity contribution in [2.45, 2.75) is 13.1 Å². The summed E-state index contributed by atoms with van der Waals surface area (Å²) in [7, 11) is 0. The molecule has 3 rings (SSSR count). The minimum Gasteiger partial charge on any atom is -0.508 e. The van der Waals surface area contributed by atoms with Crippen molar-refractivity contribution in [3.05, 3.63) is 53.6 Å². The molecule has 0 saturated carbocycles. The van der Waals surface area contributed by atoms with E-state index in [1.165, 1.54) is 12.1 Å². The fourth-order valence-electron chi connectivity index (χ4n) is 3.23. The number of aromatic hydroxyl groups is 1. The average Bonchev–Trinajstić information content (AvgIpc) is 2.73. The van der Waals surface area contributed by atoms with E-state index in [2.05, 4.69) is 10.2 Å². The molecule has 0 atom stereocenters. The van der Waals surface area contributed by atoms with Gasteiger partial charge in [-0.1, -0.05) is 12.1 Å². The zero-order valence-corrected chi connectivity index (χ0v) is 16.9. The van der Waals surface area contributed by atoms with E-state index in [0.717, 1.165) is 5.69 Å². The molecule has 3 amide bonds. The summed E-state index contributed by atoms with van der Waals surface area (Å²) in [5.41, 5.74) is 1.94. The molecule has 0 bridgehead atoms. The first-order valence-electron chi connectivity index (χ1n) is 9.68. The van der Waals surface area contributed by atoms with E-state index in [1.807, 2.05) is 11.4 Å². The number of urea groups is 1. The van der Waals surface area contributed by atoms with Crippen molar-refractivity contribution in [2.24, 2.45) is 0 Å². The first-order valence-corrected chi connectivity index (χ1v) is 9.68. The van der Waals surface area contributed by atoms with Crippen LogP contribution < -0.4 is 15.5 Å². The number of piperazine rings is 1. The van der Waals surface area contributed by atoms with Crippen molar-refractivity contribution in [3.8, 4) is 5.75 Å².